The second-order valence-electron chi connectivity index (χ2n) is 5.49. The van der Waals surface area contributed by atoms with Gasteiger partial charge in [0.1, 0.15) is 0 Å². The van der Waals surface area contributed by atoms with Gasteiger partial charge in [0.05, 0.1) is 12.6 Å². The van der Waals surface area contributed by atoms with E-state index in [0.717, 1.165) is 70.2 Å². The molecule has 6 heteroatoms. The van der Waals surface area contributed by atoms with Crippen LogP contribution in [0.3, 0.4) is 0 Å². The molecule has 20 heavy (non-hydrogen) atoms. The van der Waals surface area contributed by atoms with Crippen molar-refractivity contribution in [1.29, 1.82) is 0 Å². The van der Waals surface area contributed by atoms with Crippen molar-refractivity contribution in [2.45, 2.75) is 45.8 Å². The molecular formula is C14H26N4O2. The Kier molecular flexibility index (Phi) is 5.94. The van der Waals surface area contributed by atoms with Crippen LogP contribution < -0.4 is 0 Å². The average molecular weight is 282 g/mol. The summed E-state index contributed by atoms with van der Waals surface area (Å²) in [6, 6.07) is 0. The molecule has 2 rings (SSSR count). The Morgan fingerprint density at radius 1 is 1.20 bits per heavy atom. The van der Waals surface area contributed by atoms with Crippen LogP contribution in [-0.4, -0.2) is 63.9 Å². The van der Waals surface area contributed by atoms with Crippen LogP contribution in [-0.2, 0) is 13.0 Å². The van der Waals surface area contributed by atoms with E-state index in [2.05, 4.69) is 26.9 Å². The topological polar surface area (TPSA) is 65.6 Å². The van der Waals surface area contributed by atoms with E-state index in [0.29, 0.717) is 0 Å². The van der Waals surface area contributed by atoms with Crippen molar-refractivity contribution < 1.29 is 9.63 Å². The SMILES string of the molecule is CCCc1noc(CN2CCN(C[C@H](O)CC)CC2)n1. The lowest BCUT2D eigenvalue weighted by molar-refractivity contribution is 0.0651. The summed E-state index contributed by atoms with van der Waals surface area (Å²) >= 11 is 0. The zero-order chi connectivity index (χ0) is 14.4. The zero-order valence-electron chi connectivity index (χ0n) is 12.6. The van der Waals surface area contributed by atoms with E-state index in [1.165, 1.54) is 0 Å². The Balaban J connectivity index is 1.73. The van der Waals surface area contributed by atoms with E-state index in [9.17, 15) is 5.11 Å². The van der Waals surface area contributed by atoms with Crippen LogP contribution >= 0.6 is 0 Å². The molecule has 1 aliphatic heterocycles. The Bertz CT molecular complexity index is 388. The van der Waals surface area contributed by atoms with E-state index in [1.807, 2.05) is 6.92 Å². The van der Waals surface area contributed by atoms with Crippen molar-refractivity contribution >= 4 is 0 Å². The summed E-state index contributed by atoms with van der Waals surface area (Å²) in [5, 5.41) is 13.7. The van der Waals surface area contributed by atoms with Gasteiger partial charge in [0.25, 0.3) is 0 Å². The van der Waals surface area contributed by atoms with Crippen molar-refractivity contribution in [1.82, 2.24) is 19.9 Å². The molecule has 0 radical (unpaired) electrons. The summed E-state index contributed by atoms with van der Waals surface area (Å²) in [6.07, 6.45) is 2.54. The molecule has 0 spiro atoms. The summed E-state index contributed by atoms with van der Waals surface area (Å²) in [7, 11) is 0. The Labute approximate surface area is 120 Å². The summed E-state index contributed by atoms with van der Waals surface area (Å²) in [4.78, 5) is 9.05. The number of β-amino-alcohol motifs (C(OH)–C–C–N with tert-alkyl or cyclic N) is 1. The highest BCUT2D eigenvalue weighted by molar-refractivity contribution is 4.87. The van der Waals surface area contributed by atoms with Crippen LogP contribution in [0, 0.1) is 0 Å². The molecule has 1 aromatic heterocycles. The molecule has 0 unspecified atom stereocenters. The van der Waals surface area contributed by atoms with Crippen molar-refractivity contribution in [2.24, 2.45) is 0 Å². The number of aryl methyl sites for hydroxylation is 1. The highest BCUT2D eigenvalue weighted by Crippen LogP contribution is 2.09. The first kappa shape index (κ1) is 15.4. The van der Waals surface area contributed by atoms with Crippen LogP contribution in [0.1, 0.15) is 38.4 Å². The number of hydrogen-bond acceptors (Lipinski definition) is 6. The van der Waals surface area contributed by atoms with Gasteiger partial charge in [-0.25, -0.2) is 0 Å². The lowest BCUT2D eigenvalue weighted by atomic mass is 10.2. The van der Waals surface area contributed by atoms with Gasteiger partial charge in [-0.2, -0.15) is 4.98 Å². The fourth-order valence-electron chi connectivity index (χ4n) is 2.43. The minimum Gasteiger partial charge on any atom is -0.392 e. The van der Waals surface area contributed by atoms with Crippen molar-refractivity contribution in [3.05, 3.63) is 11.7 Å². The maximum Gasteiger partial charge on any atom is 0.240 e. The second-order valence-corrected chi connectivity index (χ2v) is 5.49. The predicted molar refractivity (Wildman–Crippen MR) is 76.3 cm³/mol. The molecule has 1 saturated heterocycles. The number of aliphatic hydroxyl groups excluding tert-OH is 1. The number of nitrogens with zero attached hydrogens (tertiary/aromatic N) is 4. The molecular weight excluding hydrogens is 256 g/mol. The van der Waals surface area contributed by atoms with Crippen molar-refractivity contribution in [3.8, 4) is 0 Å². The standard InChI is InChI=1S/C14H26N4O2/c1-3-5-13-15-14(20-16-13)11-18-8-6-17(7-9-18)10-12(19)4-2/h12,19H,3-11H2,1-2H3/t12-/m1/s1. The minimum absolute atomic E-state index is 0.200. The fourth-order valence-corrected chi connectivity index (χ4v) is 2.43. The zero-order valence-corrected chi connectivity index (χ0v) is 12.6. The molecule has 6 nitrogen and oxygen atoms in total. The first-order valence-corrected chi connectivity index (χ1v) is 7.65. The van der Waals surface area contributed by atoms with Gasteiger partial charge in [-0.15, -0.1) is 0 Å². The predicted octanol–water partition coefficient (Wildman–Crippen LogP) is 0.911. The van der Waals surface area contributed by atoms with Crippen LogP contribution in [0.25, 0.3) is 0 Å². The van der Waals surface area contributed by atoms with Gasteiger partial charge in [-0.05, 0) is 12.8 Å². The number of aromatic nitrogens is 2. The van der Waals surface area contributed by atoms with Crippen LogP contribution in [0.2, 0.25) is 0 Å². The van der Waals surface area contributed by atoms with E-state index in [-0.39, 0.29) is 6.10 Å². The molecule has 1 aromatic rings. The maximum atomic E-state index is 9.68. The lowest BCUT2D eigenvalue weighted by Gasteiger charge is -2.34. The van der Waals surface area contributed by atoms with Crippen molar-refractivity contribution in [3.63, 3.8) is 0 Å². The van der Waals surface area contributed by atoms with Gasteiger partial charge in [-0.3, -0.25) is 9.80 Å². The summed E-state index contributed by atoms with van der Waals surface area (Å²) < 4.78 is 5.27. The number of piperazine rings is 1. The van der Waals surface area contributed by atoms with Gasteiger partial charge in [0.15, 0.2) is 5.82 Å². The van der Waals surface area contributed by atoms with Gasteiger partial charge < -0.3 is 9.63 Å². The number of hydrogen-bond donors (Lipinski definition) is 1. The summed E-state index contributed by atoms with van der Waals surface area (Å²) in [6.45, 7) is 9.61. The summed E-state index contributed by atoms with van der Waals surface area (Å²) in [5.41, 5.74) is 0. The average Bonchev–Trinajstić information content (AvgIpc) is 2.88. The first-order valence-electron chi connectivity index (χ1n) is 7.65. The largest absolute Gasteiger partial charge is 0.392 e. The fraction of sp³-hybridized carbons (Fsp3) is 0.857. The molecule has 1 N–H and O–H groups in total. The van der Waals surface area contributed by atoms with Crippen LogP contribution in [0.15, 0.2) is 4.52 Å². The molecule has 1 atom stereocenters. The van der Waals surface area contributed by atoms with E-state index in [1.54, 1.807) is 0 Å². The quantitative estimate of drug-likeness (QED) is 0.802. The lowest BCUT2D eigenvalue weighted by Crippen LogP contribution is -2.48. The molecule has 1 fully saturated rings. The Morgan fingerprint density at radius 3 is 2.55 bits per heavy atom. The molecule has 0 aliphatic carbocycles. The molecule has 114 valence electrons. The van der Waals surface area contributed by atoms with Gasteiger partial charge in [0, 0.05) is 39.1 Å². The van der Waals surface area contributed by atoms with Crippen LogP contribution in [0.5, 0.6) is 0 Å². The Morgan fingerprint density at radius 2 is 1.90 bits per heavy atom. The van der Waals surface area contributed by atoms with Gasteiger partial charge in [0.2, 0.25) is 5.89 Å². The minimum atomic E-state index is -0.200. The molecule has 0 amide bonds. The highest BCUT2D eigenvalue weighted by atomic mass is 16.5. The first-order chi connectivity index (χ1) is 9.71. The van der Waals surface area contributed by atoms with Crippen molar-refractivity contribution in [2.75, 3.05) is 32.7 Å². The van der Waals surface area contributed by atoms with Gasteiger partial charge in [-0.1, -0.05) is 19.0 Å². The van der Waals surface area contributed by atoms with E-state index < -0.39 is 0 Å². The number of aliphatic hydroxyl groups is 1. The number of rotatable bonds is 7. The molecule has 0 bridgehead atoms. The third-order valence-electron chi connectivity index (χ3n) is 3.75. The van der Waals surface area contributed by atoms with E-state index >= 15 is 0 Å². The normalized spacial score (nSPS) is 19.4. The maximum absolute atomic E-state index is 9.68. The van der Waals surface area contributed by atoms with E-state index in [4.69, 9.17) is 4.52 Å². The molecule has 0 aromatic carbocycles. The third-order valence-corrected chi connectivity index (χ3v) is 3.75. The third kappa shape index (κ3) is 4.54. The molecule has 1 aliphatic rings. The van der Waals surface area contributed by atoms with Crippen LogP contribution in [0.4, 0.5) is 0 Å². The Hall–Kier alpha value is -0.980. The highest BCUT2D eigenvalue weighted by Gasteiger charge is 2.20. The van der Waals surface area contributed by atoms with Gasteiger partial charge >= 0.3 is 0 Å². The molecule has 2 heterocycles. The monoisotopic (exact) mass is 282 g/mol. The molecule has 0 saturated carbocycles. The smallest absolute Gasteiger partial charge is 0.240 e. The second kappa shape index (κ2) is 7.71. The summed E-state index contributed by atoms with van der Waals surface area (Å²) in [5.74, 6) is 1.53.